The van der Waals surface area contributed by atoms with E-state index in [9.17, 15) is 4.79 Å². The minimum Gasteiger partial charge on any atom is -0.565 e. The molecular formula is C3H5KO2. The van der Waals surface area contributed by atoms with E-state index in [1.807, 2.05) is 0 Å². The van der Waals surface area contributed by atoms with Gasteiger partial charge in [-0.25, -0.2) is 6.61 Å². The Bertz CT molecular complexity index is 30.0. The monoisotopic (exact) mass is 112 g/mol. The summed E-state index contributed by atoms with van der Waals surface area (Å²) in [5, 5.41) is 7.71. The molecule has 0 aliphatic rings. The van der Waals surface area contributed by atoms with Gasteiger partial charge in [0.25, 0.3) is 0 Å². The summed E-state index contributed by atoms with van der Waals surface area (Å²) in [5.41, 5.74) is 0. The van der Waals surface area contributed by atoms with E-state index in [1.54, 1.807) is 0 Å². The van der Waals surface area contributed by atoms with E-state index < -0.39 is 0 Å². The van der Waals surface area contributed by atoms with Crippen molar-refractivity contribution in [2.45, 2.75) is 6.42 Å². The predicted octanol–water partition coefficient (Wildman–Crippen LogP) is -2.89. The second-order valence-corrected chi connectivity index (χ2v) is 0.585. The molecule has 0 bridgehead atoms. The second-order valence-electron chi connectivity index (χ2n) is 0.585. The first-order valence-electron chi connectivity index (χ1n) is 1.31. The molecule has 0 heterocycles. The first-order valence-corrected chi connectivity index (χ1v) is 1.31. The molecule has 1 N–H and O–H groups in total. The van der Waals surface area contributed by atoms with E-state index in [0.717, 1.165) is 6.61 Å². The van der Waals surface area contributed by atoms with Crippen LogP contribution in [0.15, 0.2) is 0 Å². The van der Waals surface area contributed by atoms with Crippen molar-refractivity contribution >= 4 is 6.29 Å². The molecule has 0 saturated carbocycles. The van der Waals surface area contributed by atoms with Crippen LogP contribution in [0.1, 0.15) is 6.42 Å². The summed E-state index contributed by atoms with van der Waals surface area (Å²) in [6.45, 7) is 0.812. The van der Waals surface area contributed by atoms with Crippen molar-refractivity contribution < 1.29 is 61.3 Å². The molecule has 0 fully saturated rings. The molecule has 2 nitrogen and oxygen atoms in total. The van der Waals surface area contributed by atoms with Crippen molar-refractivity contribution in [3.8, 4) is 0 Å². The van der Waals surface area contributed by atoms with Crippen LogP contribution in [0.25, 0.3) is 0 Å². The smallest absolute Gasteiger partial charge is 0.565 e. The molecule has 0 aromatic carbocycles. The number of hydrogen-bond donors (Lipinski definition) is 1. The van der Waals surface area contributed by atoms with Crippen LogP contribution in [0.5, 0.6) is 0 Å². The Labute approximate surface area is 79.3 Å². The Morgan fingerprint density at radius 3 is 2.33 bits per heavy atom. The van der Waals surface area contributed by atoms with E-state index in [0.29, 0.717) is 6.29 Å². The zero-order valence-electron chi connectivity index (χ0n) is 3.72. The molecule has 0 amide bonds. The molecule has 0 aromatic rings. The van der Waals surface area contributed by atoms with Crippen LogP contribution in [0.2, 0.25) is 0 Å². The minimum atomic E-state index is 0. The summed E-state index contributed by atoms with van der Waals surface area (Å²) in [5.74, 6) is 0. The third-order valence-corrected chi connectivity index (χ3v) is 0.202. The third kappa shape index (κ3) is 8.98. The van der Waals surface area contributed by atoms with Crippen LogP contribution < -0.4 is 51.4 Å². The molecular weight excluding hydrogens is 107 g/mol. The zero-order chi connectivity index (χ0) is 4.12. The Morgan fingerprint density at radius 1 is 1.83 bits per heavy atom. The molecule has 3 heteroatoms. The van der Waals surface area contributed by atoms with Crippen molar-refractivity contribution in [2.75, 3.05) is 0 Å². The molecule has 0 radical (unpaired) electrons. The van der Waals surface area contributed by atoms with Gasteiger partial charge in [0, 0.05) is 0 Å². The van der Waals surface area contributed by atoms with Gasteiger partial charge in [0.05, 0.1) is 6.29 Å². The van der Waals surface area contributed by atoms with Gasteiger partial charge in [-0.3, -0.25) is 0 Å². The second kappa shape index (κ2) is 9.55. The molecule has 6 heavy (non-hydrogen) atoms. The van der Waals surface area contributed by atoms with Crippen molar-refractivity contribution in [1.29, 1.82) is 0 Å². The third-order valence-electron chi connectivity index (χ3n) is 0.202. The number of carbonyl (C=O) groups is 1. The molecule has 0 rings (SSSR count). The van der Waals surface area contributed by atoms with Gasteiger partial charge in [-0.2, -0.15) is 0 Å². The van der Waals surface area contributed by atoms with E-state index in [2.05, 4.69) is 0 Å². The van der Waals surface area contributed by atoms with Crippen molar-refractivity contribution in [1.82, 2.24) is 0 Å². The molecule has 0 aliphatic heterocycles. The normalized spacial score (nSPS) is 6.17. The van der Waals surface area contributed by atoms with Crippen LogP contribution in [-0.4, -0.2) is 11.4 Å². The summed E-state index contributed by atoms with van der Waals surface area (Å²) >= 11 is 0. The number of aldehydes is 1. The molecule has 0 unspecified atom stereocenters. The Morgan fingerprint density at radius 2 is 2.33 bits per heavy atom. The Kier molecular flexibility index (Phi) is 16.4. The maximum absolute atomic E-state index is 9.21. The zero-order valence-corrected chi connectivity index (χ0v) is 6.84. The van der Waals surface area contributed by atoms with Crippen LogP contribution in [0.4, 0.5) is 0 Å². The fraction of sp³-hybridized carbons (Fsp3) is 0.333. The average molecular weight is 112 g/mol. The Balaban J connectivity index is 0. The standard InChI is InChI=1S/C3H5O2.K/c4-2-1-3-5;/h2-4H,1H2;/q-1;+1. The number of rotatable bonds is 2. The van der Waals surface area contributed by atoms with Gasteiger partial charge < -0.3 is 9.90 Å². The summed E-state index contributed by atoms with van der Waals surface area (Å²) in [4.78, 5) is 9.21. The summed E-state index contributed by atoms with van der Waals surface area (Å²) in [6.07, 6.45) is 0.764. The maximum atomic E-state index is 9.21. The van der Waals surface area contributed by atoms with E-state index in [-0.39, 0.29) is 57.8 Å². The van der Waals surface area contributed by atoms with Gasteiger partial charge in [-0.1, -0.05) is 0 Å². The largest absolute Gasteiger partial charge is 1.00 e. The molecule has 30 valence electrons. The maximum Gasteiger partial charge on any atom is 1.00 e. The number of carbonyl (C=O) groups excluding carboxylic acids is 1. The van der Waals surface area contributed by atoms with E-state index >= 15 is 0 Å². The van der Waals surface area contributed by atoms with Gasteiger partial charge in [0.2, 0.25) is 0 Å². The SMILES string of the molecule is O=CC[CH-]O.[K+]. The summed E-state index contributed by atoms with van der Waals surface area (Å²) < 4.78 is 0. The number of hydrogen-bond acceptors (Lipinski definition) is 2. The van der Waals surface area contributed by atoms with Gasteiger partial charge in [0.1, 0.15) is 0 Å². The van der Waals surface area contributed by atoms with Gasteiger partial charge >= 0.3 is 51.4 Å². The fourth-order valence-electron chi connectivity index (χ4n) is 0.0430. The predicted molar refractivity (Wildman–Crippen MR) is 16.9 cm³/mol. The van der Waals surface area contributed by atoms with Gasteiger partial charge in [-0.05, 0) is 0 Å². The van der Waals surface area contributed by atoms with Crippen LogP contribution in [0.3, 0.4) is 0 Å². The first-order chi connectivity index (χ1) is 2.41. The molecule has 0 aromatic heterocycles. The summed E-state index contributed by atoms with van der Waals surface area (Å²) in [7, 11) is 0. The van der Waals surface area contributed by atoms with Crippen molar-refractivity contribution in [2.24, 2.45) is 0 Å². The van der Waals surface area contributed by atoms with Gasteiger partial charge in [0.15, 0.2) is 0 Å². The minimum absolute atomic E-state index is 0. The van der Waals surface area contributed by atoms with Crippen molar-refractivity contribution in [3.63, 3.8) is 0 Å². The van der Waals surface area contributed by atoms with Crippen LogP contribution in [0, 0.1) is 6.61 Å². The van der Waals surface area contributed by atoms with Gasteiger partial charge in [-0.15, -0.1) is 6.42 Å². The van der Waals surface area contributed by atoms with Crippen LogP contribution in [-0.2, 0) is 4.79 Å². The first kappa shape index (κ1) is 10.3. The Hall–Kier alpha value is 1.27. The fourth-order valence-corrected chi connectivity index (χ4v) is 0.0430. The number of aliphatic hydroxyl groups is 1. The topological polar surface area (TPSA) is 37.3 Å². The summed E-state index contributed by atoms with van der Waals surface area (Å²) in [6, 6.07) is 0. The van der Waals surface area contributed by atoms with E-state index in [1.165, 1.54) is 0 Å². The number of aliphatic hydroxyl groups excluding tert-OH is 1. The molecule has 0 atom stereocenters. The van der Waals surface area contributed by atoms with Crippen LogP contribution >= 0.6 is 0 Å². The molecule has 0 aliphatic carbocycles. The molecule has 0 spiro atoms. The van der Waals surface area contributed by atoms with Crippen molar-refractivity contribution in [3.05, 3.63) is 6.61 Å². The van der Waals surface area contributed by atoms with E-state index in [4.69, 9.17) is 5.11 Å². The average Bonchev–Trinajstić information content (AvgIpc) is 1.41. The molecule has 0 saturated heterocycles. The quantitative estimate of drug-likeness (QED) is 0.236.